The van der Waals surface area contributed by atoms with Crippen molar-refractivity contribution in [2.75, 3.05) is 12.4 Å². The monoisotopic (exact) mass is 285 g/mol. The van der Waals surface area contributed by atoms with Gasteiger partial charge in [-0.1, -0.05) is 18.2 Å². The van der Waals surface area contributed by atoms with Gasteiger partial charge in [0.2, 0.25) is 0 Å². The summed E-state index contributed by atoms with van der Waals surface area (Å²) in [6.07, 6.45) is 0. The molecule has 2 aromatic rings. The molecule has 0 spiro atoms. The zero-order valence-corrected chi connectivity index (χ0v) is 11.8. The van der Waals surface area contributed by atoms with Gasteiger partial charge in [-0.2, -0.15) is 0 Å². The molecule has 1 N–H and O–H groups in total. The highest BCUT2D eigenvalue weighted by Gasteiger charge is 2.12. The molecule has 0 aliphatic heterocycles. The van der Waals surface area contributed by atoms with Gasteiger partial charge in [-0.25, -0.2) is 0 Å². The summed E-state index contributed by atoms with van der Waals surface area (Å²) in [7, 11) is 1.51. The standard InChI is InChI=1S/C16H15NO4/c1-11(18)21-13-7-5-6-12(10-13)17-16(19)14-8-3-4-9-15(14)20-2/h3-10H,1-2H3,(H,17,19). The SMILES string of the molecule is COc1ccccc1C(=O)Nc1cccc(OC(C)=O)c1. The zero-order valence-electron chi connectivity index (χ0n) is 11.8. The van der Waals surface area contributed by atoms with E-state index in [2.05, 4.69) is 5.32 Å². The van der Waals surface area contributed by atoms with E-state index in [0.29, 0.717) is 22.7 Å². The summed E-state index contributed by atoms with van der Waals surface area (Å²) in [5.74, 6) is 0.155. The largest absolute Gasteiger partial charge is 0.496 e. The number of anilines is 1. The topological polar surface area (TPSA) is 64.6 Å². The summed E-state index contributed by atoms with van der Waals surface area (Å²) in [6.45, 7) is 1.32. The Morgan fingerprint density at radius 2 is 1.81 bits per heavy atom. The lowest BCUT2D eigenvalue weighted by Gasteiger charge is -2.10. The first-order valence-electron chi connectivity index (χ1n) is 6.33. The quantitative estimate of drug-likeness (QED) is 0.693. The minimum Gasteiger partial charge on any atom is -0.496 e. The average Bonchev–Trinajstić information content (AvgIpc) is 2.46. The molecule has 0 atom stereocenters. The molecule has 0 aliphatic carbocycles. The van der Waals surface area contributed by atoms with Crippen LogP contribution in [0.4, 0.5) is 5.69 Å². The van der Waals surface area contributed by atoms with Gasteiger partial charge < -0.3 is 14.8 Å². The number of amides is 1. The van der Waals surface area contributed by atoms with E-state index in [1.807, 2.05) is 0 Å². The lowest BCUT2D eigenvalue weighted by atomic mass is 10.2. The van der Waals surface area contributed by atoms with Gasteiger partial charge in [0.15, 0.2) is 0 Å². The van der Waals surface area contributed by atoms with Crippen molar-refractivity contribution in [3.05, 3.63) is 54.1 Å². The normalized spacial score (nSPS) is 9.81. The Morgan fingerprint density at radius 1 is 1.05 bits per heavy atom. The van der Waals surface area contributed by atoms with Crippen molar-refractivity contribution in [3.8, 4) is 11.5 Å². The number of benzene rings is 2. The van der Waals surface area contributed by atoms with E-state index in [9.17, 15) is 9.59 Å². The van der Waals surface area contributed by atoms with Crippen molar-refractivity contribution >= 4 is 17.6 Å². The molecule has 0 aliphatic rings. The third-order valence-electron chi connectivity index (χ3n) is 2.71. The maximum absolute atomic E-state index is 12.2. The van der Waals surface area contributed by atoms with Crippen LogP contribution in [0.15, 0.2) is 48.5 Å². The second-order valence-electron chi connectivity index (χ2n) is 4.28. The van der Waals surface area contributed by atoms with Crippen LogP contribution in [-0.2, 0) is 4.79 Å². The van der Waals surface area contributed by atoms with E-state index in [4.69, 9.17) is 9.47 Å². The number of nitrogens with one attached hydrogen (secondary N) is 1. The van der Waals surface area contributed by atoms with Gasteiger partial charge in [-0.05, 0) is 24.3 Å². The molecular weight excluding hydrogens is 270 g/mol. The number of carbonyl (C=O) groups excluding carboxylic acids is 2. The molecule has 2 rings (SSSR count). The van der Waals surface area contributed by atoms with E-state index >= 15 is 0 Å². The molecule has 0 saturated heterocycles. The van der Waals surface area contributed by atoms with Crippen LogP contribution in [0, 0.1) is 0 Å². The highest BCUT2D eigenvalue weighted by atomic mass is 16.5. The Morgan fingerprint density at radius 3 is 2.52 bits per heavy atom. The van der Waals surface area contributed by atoms with Crippen molar-refractivity contribution in [1.82, 2.24) is 0 Å². The number of rotatable bonds is 4. The molecule has 0 unspecified atom stereocenters. The Bertz CT molecular complexity index is 667. The maximum Gasteiger partial charge on any atom is 0.308 e. The smallest absolute Gasteiger partial charge is 0.308 e. The van der Waals surface area contributed by atoms with Crippen LogP contribution in [0.2, 0.25) is 0 Å². The van der Waals surface area contributed by atoms with Crippen LogP contribution < -0.4 is 14.8 Å². The van der Waals surface area contributed by atoms with Crippen molar-refractivity contribution in [2.24, 2.45) is 0 Å². The molecule has 0 radical (unpaired) electrons. The summed E-state index contributed by atoms with van der Waals surface area (Å²) in [5.41, 5.74) is 0.961. The lowest BCUT2D eigenvalue weighted by Crippen LogP contribution is -2.13. The molecule has 0 bridgehead atoms. The predicted molar refractivity (Wildman–Crippen MR) is 78.7 cm³/mol. The molecular formula is C16H15NO4. The Labute approximate surface area is 122 Å². The summed E-state index contributed by atoms with van der Waals surface area (Å²) in [6, 6.07) is 13.5. The van der Waals surface area contributed by atoms with Crippen molar-refractivity contribution in [3.63, 3.8) is 0 Å². The first-order valence-corrected chi connectivity index (χ1v) is 6.33. The van der Waals surface area contributed by atoms with E-state index < -0.39 is 5.97 Å². The minimum atomic E-state index is -0.414. The predicted octanol–water partition coefficient (Wildman–Crippen LogP) is 2.87. The fraction of sp³-hybridized carbons (Fsp3) is 0.125. The molecule has 108 valence electrons. The van der Waals surface area contributed by atoms with Crippen LogP contribution in [0.1, 0.15) is 17.3 Å². The number of para-hydroxylation sites is 1. The Kier molecular flexibility index (Phi) is 4.56. The average molecular weight is 285 g/mol. The zero-order chi connectivity index (χ0) is 15.2. The third-order valence-corrected chi connectivity index (χ3v) is 2.71. The van der Waals surface area contributed by atoms with Crippen LogP contribution >= 0.6 is 0 Å². The summed E-state index contributed by atoms with van der Waals surface area (Å²) >= 11 is 0. The molecule has 0 saturated carbocycles. The van der Waals surface area contributed by atoms with Crippen LogP contribution in [0.5, 0.6) is 11.5 Å². The molecule has 21 heavy (non-hydrogen) atoms. The summed E-state index contributed by atoms with van der Waals surface area (Å²) < 4.78 is 10.1. The Balaban J connectivity index is 2.17. The van der Waals surface area contributed by atoms with Gasteiger partial charge in [0.05, 0.1) is 12.7 Å². The second kappa shape index (κ2) is 6.56. The number of carbonyl (C=O) groups is 2. The molecule has 5 heteroatoms. The van der Waals surface area contributed by atoms with Crippen LogP contribution in [-0.4, -0.2) is 19.0 Å². The summed E-state index contributed by atoms with van der Waals surface area (Å²) in [5, 5.41) is 2.74. The van der Waals surface area contributed by atoms with E-state index in [-0.39, 0.29) is 5.91 Å². The second-order valence-corrected chi connectivity index (χ2v) is 4.28. The molecule has 2 aromatic carbocycles. The van der Waals surface area contributed by atoms with Gasteiger partial charge in [0.1, 0.15) is 11.5 Å². The van der Waals surface area contributed by atoms with Gasteiger partial charge >= 0.3 is 5.97 Å². The number of hydrogen-bond acceptors (Lipinski definition) is 4. The van der Waals surface area contributed by atoms with Crippen molar-refractivity contribution in [1.29, 1.82) is 0 Å². The van der Waals surface area contributed by atoms with Gasteiger partial charge in [0.25, 0.3) is 5.91 Å². The molecule has 0 fully saturated rings. The highest BCUT2D eigenvalue weighted by Crippen LogP contribution is 2.21. The number of methoxy groups -OCH3 is 1. The van der Waals surface area contributed by atoms with Gasteiger partial charge in [-0.15, -0.1) is 0 Å². The fourth-order valence-corrected chi connectivity index (χ4v) is 1.83. The molecule has 0 heterocycles. The van der Waals surface area contributed by atoms with Gasteiger partial charge in [-0.3, -0.25) is 9.59 Å². The van der Waals surface area contributed by atoms with Crippen molar-refractivity contribution in [2.45, 2.75) is 6.92 Å². The van der Waals surface area contributed by atoms with Gasteiger partial charge in [0, 0.05) is 18.7 Å². The summed E-state index contributed by atoms with van der Waals surface area (Å²) in [4.78, 5) is 23.2. The molecule has 1 amide bonds. The minimum absolute atomic E-state index is 0.299. The highest BCUT2D eigenvalue weighted by molar-refractivity contribution is 6.06. The van der Waals surface area contributed by atoms with E-state index in [1.165, 1.54) is 14.0 Å². The number of ether oxygens (including phenoxy) is 2. The van der Waals surface area contributed by atoms with E-state index in [0.717, 1.165) is 0 Å². The number of hydrogen-bond donors (Lipinski definition) is 1. The molecule has 5 nitrogen and oxygen atoms in total. The first-order chi connectivity index (χ1) is 10.1. The van der Waals surface area contributed by atoms with Crippen LogP contribution in [0.25, 0.3) is 0 Å². The Hall–Kier alpha value is -2.82. The fourth-order valence-electron chi connectivity index (χ4n) is 1.83. The van der Waals surface area contributed by atoms with Crippen LogP contribution in [0.3, 0.4) is 0 Å². The lowest BCUT2D eigenvalue weighted by molar-refractivity contribution is -0.131. The maximum atomic E-state index is 12.2. The third kappa shape index (κ3) is 3.82. The van der Waals surface area contributed by atoms with E-state index in [1.54, 1.807) is 48.5 Å². The molecule has 0 aromatic heterocycles. The number of esters is 1. The van der Waals surface area contributed by atoms with Crippen molar-refractivity contribution < 1.29 is 19.1 Å². The first kappa shape index (κ1) is 14.6.